The zero-order chi connectivity index (χ0) is 25.5. The van der Waals surface area contributed by atoms with E-state index in [9.17, 15) is 9.18 Å². The number of hydrogen-bond donors (Lipinski definition) is 3. The molecule has 6 rings (SSSR count). The molecular weight excluding hydrogens is 469 g/mol. The third-order valence-corrected chi connectivity index (χ3v) is 6.22. The van der Waals surface area contributed by atoms with Crippen molar-refractivity contribution in [2.24, 2.45) is 0 Å². The predicted octanol–water partition coefficient (Wildman–Crippen LogP) is 6.07. The lowest BCUT2D eigenvalue weighted by Crippen LogP contribution is -2.27. The monoisotopic (exact) mass is 491 g/mol. The van der Waals surface area contributed by atoms with Gasteiger partial charge in [-0.05, 0) is 47.5 Å². The van der Waals surface area contributed by atoms with Crippen LogP contribution in [0.25, 0.3) is 55.6 Å². The summed E-state index contributed by atoms with van der Waals surface area (Å²) in [5.41, 5.74) is 7.35. The van der Waals surface area contributed by atoms with Gasteiger partial charge in [0.15, 0.2) is 5.65 Å². The van der Waals surface area contributed by atoms with Crippen LogP contribution in [-0.4, -0.2) is 50.2 Å². The van der Waals surface area contributed by atoms with Crippen LogP contribution in [0.2, 0.25) is 0 Å². The number of aromatic nitrogens is 5. The first-order valence-corrected chi connectivity index (χ1v) is 11.6. The zero-order valence-corrected chi connectivity index (χ0v) is 20.1. The molecule has 0 spiro atoms. The maximum Gasteiger partial charge on any atom is 0.321 e. The van der Waals surface area contributed by atoms with Gasteiger partial charge in [0.25, 0.3) is 0 Å². The first kappa shape index (κ1) is 22.4. The first-order valence-electron chi connectivity index (χ1n) is 11.6. The van der Waals surface area contributed by atoms with Gasteiger partial charge >= 0.3 is 6.03 Å². The molecule has 2 amide bonds. The zero-order valence-electron chi connectivity index (χ0n) is 20.1. The molecule has 0 saturated heterocycles. The lowest BCUT2D eigenvalue weighted by Gasteiger charge is -2.12. The van der Waals surface area contributed by atoms with Crippen molar-refractivity contribution in [3.63, 3.8) is 0 Å². The van der Waals surface area contributed by atoms with Gasteiger partial charge in [0.1, 0.15) is 11.5 Å². The Kier molecular flexibility index (Phi) is 5.37. The SMILES string of the molecule is CN(C)C(=O)Nc1cncc(-c2cnc3[nH]nc(-c4cc5c(-c6ccc(F)cc6)cccc5[nH]4)c3c2)c1. The van der Waals surface area contributed by atoms with Crippen LogP contribution in [-0.2, 0) is 0 Å². The fourth-order valence-electron chi connectivity index (χ4n) is 4.33. The second-order valence-corrected chi connectivity index (χ2v) is 8.94. The Labute approximate surface area is 211 Å². The maximum atomic E-state index is 13.5. The number of hydrogen-bond acceptors (Lipinski definition) is 4. The van der Waals surface area contributed by atoms with E-state index in [2.05, 4.69) is 36.5 Å². The van der Waals surface area contributed by atoms with E-state index < -0.39 is 0 Å². The van der Waals surface area contributed by atoms with Crippen LogP contribution >= 0.6 is 0 Å². The van der Waals surface area contributed by atoms with Gasteiger partial charge < -0.3 is 15.2 Å². The predicted molar refractivity (Wildman–Crippen MR) is 143 cm³/mol. The molecule has 0 radical (unpaired) electrons. The second kappa shape index (κ2) is 8.87. The van der Waals surface area contributed by atoms with E-state index in [0.717, 1.165) is 49.9 Å². The highest BCUT2D eigenvalue weighted by atomic mass is 19.1. The molecule has 6 aromatic rings. The summed E-state index contributed by atoms with van der Waals surface area (Å²) in [5, 5.41) is 12.2. The van der Waals surface area contributed by atoms with Crippen molar-refractivity contribution >= 4 is 33.7 Å². The molecule has 4 aromatic heterocycles. The summed E-state index contributed by atoms with van der Waals surface area (Å²) >= 11 is 0. The number of nitrogens with one attached hydrogen (secondary N) is 3. The molecular formula is C28H22FN7O. The van der Waals surface area contributed by atoms with Crippen molar-refractivity contribution in [1.29, 1.82) is 0 Å². The molecule has 0 atom stereocenters. The molecule has 2 aromatic carbocycles. The van der Waals surface area contributed by atoms with Gasteiger partial charge in [-0.25, -0.2) is 14.2 Å². The van der Waals surface area contributed by atoms with E-state index >= 15 is 0 Å². The number of carbonyl (C=O) groups is 1. The minimum absolute atomic E-state index is 0.233. The van der Waals surface area contributed by atoms with Crippen LogP contribution in [0, 0.1) is 5.82 Å². The van der Waals surface area contributed by atoms with Crippen LogP contribution in [0.3, 0.4) is 0 Å². The largest absolute Gasteiger partial charge is 0.353 e. The number of amides is 2. The summed E-state index contributed by atoms with van der Waals surface area (Å²) in [4.78, 5) is 25.8. The fraction of sp³-hybridized carbons (Fsp3) is 0.0714. The molecule has 0 saturated carbocycles. The molecule has 0 aliphatic rings. The normalized spacial score (nSPS) is 11.2. The average molecular weight is 492 g/mol. The Morgan fingerprint density at radius 2 is 1.73 bits per heavy atom. The van der Waals surface area contributed by atoms with E-state index in [0.29, 0.717) is 11.3 Å². The van der Waals surface area contributed by atoms with Crippen molar-refractivity contribution < 1.29 is 9.18 Å². The number of benzene rings is 2. The summed E-state index contributed by atoms with van der Waals surface area (Å²) < 4.78 is 13.5. The van der Waals surface area contributed by atoms with Crippen molar-refractivity contribution in [1.82, 2.24) is 30.0 Å². The Morgan fingerprint density at radius 1 is 0.919 bits per heavy atom. The van der Waals surface area contributed by atoms with Crippen molar-refractivity contribution in [3.05, 3.63) is 85.1 Å². The molecule has 182 valence electrons. The highest BCUT2D eigenvalue weighted by Gasteiger charge is 2.15. The van der Waals surface area contributed by atoms with Gasteiger partial charge in [-0.1, -0.05) is 24.3 Å². The standard InChI is InChI=1S/C28H22FN7O/c1-36(2)28(37)32-20-10-17(13-30-15-20)18-11-23-26(34-35-27(23)31-14-18)25-12-22-21(4-3-5-24(22)33-25)16-6-8-19(29)9-7-16/h3-15,33H,1-2H3,(H,32,37)(H,31,34,35). The lowest BCUT2D eigenvalue weighted by molar-refractivity contribution is 0.230. The Balaban J connectivity index is 1.41. The summed E-state index contributed by atoms with van der Waals surface area (Å²) in [7, 11) is 3.36. The molecule has 9 heteroatoms. The molecule has 0 bridgehead atoms. The molecule has 0 fully saturated rings. The van der Waals surface area contributed by atoms with Gasteiger partial charge in [-0.2, -0.15) is 5.10 Å². The van der Waals surface area contributed by atoms with Crippen LogP contribution in [0.5, 0.6) is 0 Å². The number of pyridine rings is 2. The van der Waals surface area contributed by atoms with Crippen LogP contribution < -0.4 is 5.32 Å². The number of anilines is 1. The molecule has 8 nitrogen and oxygen atoms in total. The Morgan fingerprint density at radius 3 is 2.54 bits per heavy atom. The second-order valence-electron chi connectivity index (χ2n) is 8.94. The first-order chi connectivity index (χ1) is 18.0. The summed E-state index contributed by atoms with van der Waals surface area (Å²) in [5.74, 6) is -0.266. The minimum atomic E-state index is -0.266. The van der Waals surface area contributed by atoms with Crippen LogP contribution in [0.4, 0.5) is 14.9 Å². The van der Waals surface area contributed by atoms with Crippen molar-refractivity contribution in [2.45, 2.75) is 0 Å². The maximum absolute atomic E-state index is 13.5. The molecule has 4 heterocycles. The molecule has 0 aliphatic carbocycles. The number of nitrogens with zero attached hydrogens (tertiary/aromatic N) is 4. The van der Waals surface area contributed by atoms with Crippen molar-refractivity contribution in [2.75, 3.05) is 19.4 Å². The third kappa shape index (κ3) is 4.16. The van der Waals surface area contributed by atoms with Crippen molar-refractivity contribution in [3.8, 4) is 33.6 Å². The smallest absolute Gasteiger partial charge is 0.321 e. The average Bonchev–Trinajstić information content (AvgIpc) is 3.53. The number of fused-ring (bicyclic) bond motifs is 2. The Bertz CT molecular complexity index is 1770. The highest BCUT2D eigenvalue weighted by molar-refractivity contribution is 6.01. The summed E-state index contributed by atoms with van der Waals surface area (Å²) in [6.45, 7) is 0. The third-order valence-electron chi connectivity index (χ3n) is 6.22. The summed E-state index contributed by atoms with van der Waals surface area (Å²) in [6, 6.07) is 18.2. The molecule has 37 heavy (non-hydrogen) atoms. The van der Waals surface area contributed by atoms with E-state index in [1.54, 1.807) is 44.8 Å². The lowest BCUT2D eigenvalue weighted by atomic mass is 10.0. The number of rotatable bonds is 4. The number of carbonyl (C=O) groups excluding carboxylic acids is 1. The highest BCUT2D eigenvalue weighted by Crippen LogP contribution is 2.35. The molecule has 0 aliphatic heterocycles. The van der Waals surface area contributed by atoms with Crippen LogP contribution in [0.1, 0.15) is 0 Å². The van der Waals surface area contributed by atoms with E-state index in [1.165, 1.54) is 17.0 Å². The summed E-state index contributed by atoms with van der Waals surface area (Å²) in [6.07, 6.45) is 5.08. The number of urea groups is 1. The van der Waals surface area contributed by atoms with Gasteiger partial charge in [0, 0.05) is 53.9 Å². The van der Waals surface area contributed by atoms with Gasteiger partial charge in [-0.15, -0.1) is 0 Å². The number of aromatic amines is 2. The molecule has 3 N–H and O–H groups in total. The van der Waals surface area contributed by atoms with Gasteiger partial charge in [-0.3, -0.25) is 10.1 Å². The van der Waals surface area contributed by atoms with Gasteiger partial charge in [0.2, 0.25) is 0 Å². The van der Waals surface area contributed by atoms with Crippen LogP contribution in [0.15, 0.2) is 79.3 Å². The topological polar surface area (TPSA) is 103 Å². The quantitative estimate of drug-likeness (QED) is 0.279. The van der Waals surface area contributed by atoms with E-state index in [1.807, 2.05) is 30.3 Å². The van der Waals surface area contributed by atoms with E-state index in [4.69, 9.17) is 0 Å². The molecule has 0 unspecified atom stereocenters. The Hall–Kier alpha value is -5.05. The van der Waals surface area contributed by atoms with E-state index in [-0.39, 0.29) is 11.8 Å². The number of halogens is 1. The fourth-order valence-corrected chi connectivity index (χ4v) is 4.33. The van der Waals surface area contributed by atoms with Gasteiger partial charge in [0.05, 0.1) is 17.6 Å². The minimum Gasteiger partial charge on any atom is -0.353 e. The number of H-pyrrole nitrogens is 2.